The maximum atomic E-state index is 12.5. The van der Waals surface area contributed by atoms with Gasteiger partial charge in [0.2, 0.25) is 15.9 Å². The third-order valence-corrected chi connectivity index (χ3v) is 5.89. The highest BCUT2D eigenvalue weighted by molar-refractivity contribution is 7.89. The van der Waals surface area contributed by atoms with Crippen LogP contribution in [0.15, 0.2) is 70.3 Å². The Hall–Kier alpha value is -2.48. The van der Waals surface area contributed by atoms with Gasteiger partial charge in [0, 0.05) is 19.2 Å². The van der Waals surface area contributed by atoms with Gasteiger partial charge in [-0.3, -0.25) is 4.79 Å². The number of nitrogens with one attached hydrogen (secondary N) is 2. The van der Waals surface area contributed by atoms with Crippen LogP contribution in [0.25, 0.3) is 11.1 Å². The molecule has 7 heteroatoms. The van der Waals surface area contributed by atoms with E-state index in [1.165, 1.54) is 19.1 Å². The van der Waals surface area contributed by atoms with Crippen molar-refractivity contribution in [2.75, 3.05) is 5.32 Å². The Morgan fingerprint density at radius 3 is 2.42 bits per heavy atom. The van der Waals surface area contributed by atoms with E-state index in [2.05, 4.69) is 10.0 Å². The molecule has 0 aliphatic rings. The number of hydrogen-bond acceptors (Lipinski definition) is 4. The van der Waals surface area contributed by atoms with E-state index in [4.69, 9.17) is 0 Å². The van der Waals surface area contributed by atoms with Gasteiger partial charge in [-0.2, -0.15) is 11.3 Å². The van der Waals surface area contributed by atoms with Gasteiger partial charge in [0.05, 0.1) is 4.90 Å². The van der Waals surface area contributed by atoms with Crippen molar-refractivity contribution in [2.24, 2.45) is 0 Å². The third kappa shape index (κ3) is 4.37. The number of carbonyl (C=O) groups is 1. The van der Waals surface area contributed by atoms with Crippen molar-refractivity contribution in [3.63, 3.8) is 0 Å². The van der Waals surface area contributed by atoms with Gasteiger partial charge in [-0.05, 0) is 57.8 Å². The molecule has 2 N–H and O–H groups in total. The van der Waals surface area contributed by atoms with Gasteiger partial charge in [0.15, 0.2) is 0 Å². The van der Waals surface area contributed by atoms with E-state index in [1.54, 1.807) is 23.5 Å². The van der Waals surface area contributed by atoms with Crippen molar-refractivity contribution < 1.29 is 13.2 Å². The van der Waals surface area contributed by atoms with Crippen LogP contribution in [0.4, 0.5) is 5.69 Å². The zero-order valence-corrected chi connectivity index (χ0v) is 15.7. The van der Waals surface area contributed by atoms with Crippen LogP contribution in [0.5, 0.6) is 0 Å². The molecule has 3 aromatic rings. The summed E-state index contributed by atoms with van der Waals surface area (Å²) in [7, 11) is -3.65. The molecule has 134 valence electrons. The van der Waals surface area contributed by atoms with E-state index in [0.717, 1.165) is 16.7 Å². The Kier molecular flexibility index (Phi) is 5.51. The van der Waals surface area contributed by atoms with Crippen molar-refractivity contribution in [3.05, 3.63) is 70.9 Å². The van der Waals surface area contributed by atoms with Gasteiger partial charge in [0.25, 0.3) is 0 Å². The fourth-order valence-electron chi connectivity index (χ4n) is 2.55. The predicted molar refractivity (Wildman–Crippen MR) is 105 cm³/mol. The molecule has 0 spiro atoms. The number of amides is 1. The molecule has 0 unspecified atom stereocenters. The number of benzene rings is 2. The summed E-state index contributed by atoms with van der Waals surface area (Å²) in [4.78, 5) is 11.2. The predicted octanol–water partition coefficient (Wildman–Crippen LogP) is 3.85. The molecule has 1 heterocycles. The molecule has 5 nitrogen and oxygen atoms in total. The number of carbonyl (C=O) groups excluding carboxylic acids is 1. The van der Waals surface area contributed by atoms with E-state index in [0.29, 0.717) is 5.69 Å². The molecule has 2 aromatic carbocycles. The second-order valence-corrected chi connectivity index (χ2v) is 8.25. The second kappa shape index (κ2) is 7.82. The van der Waals surface area contributed by atoms with Gasteiger partial charge < -0.3 is 5.32 Å². The highest BCUT2D eigenvalue weighted by Gasteiger charge is 2.15. The smallest absolute Gasteiger partial charge is 0.240 e. The summed E-state index contributed by atoms with van der Waals surface area (Å²) in [6, 6.07) is 15.8. The van der Waals surface area contributed by atoms with Crippen LogP contribution in [0.3, 0.4) is 0 Å². The first-order chi connectivity index (χ1) is 12.5. The number of thiophene rings is 1. The second-order valence-electron chi connectivity index (χ2n) is 5.70. The average molecular weight is 386 g/mol. The average Bonchev–Trinajstić information content (AvgIpc) is 3.15. The van der Waals surface area contributed by atoms with E-state index >= 15 is 0 Å². The Bertz CT molecular complexity index is 996. The topological polar surface area (TPSA) is 75.3 Å². The molecular weight excluding hydrogens is 368 g/mol. The molecule has 3 rings (SSSR count). The summed E-state index contributed by atoms with van der Waals surface area (Å²) in [6.45, 7) is 1.60. The minimum absolute atomic E-state index is 0.152. The van der Waals surface area contributed by atoms with Crippen LogP contribution in [0, 0.1) is 0 Å². The molecule has 1 amide bonds. The molecular formula is C19H18N2O3S2. The number of rotatable bonds is 6. The minimum Gasteiger partial charge on any atom is -0.326 e. The maximum Gasteiger partial charge on any atom is 0.240 e. The van der Waals surface area contributed by atoms with Crippen LogP contribution in [0.1, 0.15) is 12.5 Å². The molecule has 0 fully saturated rings. The zero-order valence-electron chi connectivity index (χ0n) is 14.1. The lowest BCUT2D eigenvalue weighted by Crippen LogP contribution is -2.23. The summed E-state index contributed by atoms with van der Waals surface area (Å²) in [5, 5.41) is 6.64. The van der Waals surface area contributed by atoms with E-state index in [1.807, 2.05) is 41.1 Å². The van der Waals surface area contributed by atoms with Gasteiger partial charge in [-0.15, -0.1) is 0 Å². The van der Waals surface area contributed by atoms with Gasteiger partial charge in [-0.25, -0.2) is 13.1 Å². The summed E-state index contributed by atoms with van der Waals surface area (Å²) in [6.07, 6.45) is 0. The largest absolute Gasteiger partial charge is 0.326 e. The van der Waals surface area contributed by atoms with Crippen LogP contribution < -0.4 is 10.0 Å². The van der Waals surface area contributed by atoms with Crippen LogP contribution in [-0.4, -0.2) is 14.3 Å². The van der Waals surface area contributed by atoms with Crippen molar-refractivity contribution in [2.45, 2.75) is 18.4 Å². The highest BCUT2D eigenvalue weighted by atomic mass is 32.2. The first kappa shape index (κ1) is 18.3. The number of anilines is 1. The fraction of sp³-hybridized carbons (Fsp3) is 0.105. The first-order valence-corrected chi connectivity index (χ1v) is 10.4. The van der Waals surface area contributed by atoms with Crippen molar-refractivity contribution >= 4 is 33.0 Å². The molecule has 0 bridgehead atoms. The van der Waals surface area contributed by atoms with Crippen LogP contribution in [-0.2, 0) is 21.4 Å². The summed E-state index contributed by atoms with van der Waals surface area (Å²) in [5.41, 5.74) is 3.55. The van der Waals surface area contributed by atoms with Crippen LogP contribution >= 0.6 is 11.3 Å². The lowest BCUT2D eigenvalue weighted by Gasteiger charge is -2.11. The molecule has 0 radical (unpaired) electrons. The summed E-state index contributed by atoms with van der Waals surface area (Å²) < 4.78 is 27.7. The highest BCUT2D eigenvalue weighted by Crippen LogP contribution is 2.26. The van der Waals surface area contributed by atoms with E-state index in [9.17, 15) is 13.2 Å². The molecule has 0 aliphatic heterocycles. The normalized spacial score (nSPS) is 11.3. The Labute approximate surface area is 156 Å². The Morgan fingerprint density at radius 2 is 1.77 bits per heavy atom. The van der Waals surface area contributed by atoms with Crippen LogP contribution in [0.2, 0.25) is 0 Å². The Morgan fingerprint density at radius 1 is 1.04 bits per heavy atom. The lowest BCUT2D eigenvalue weighted by molar-refractivity contribution is -0.114. The minimum atomic E-state index is -3.65. The monoisotopic (exact) mass is 386 g/mol. The third-order valence-electron chi connectivity index (χ3n) is 3.79. The van der Waals surface area contributed by atoms with Gasteiger partial charge in [0.1, 0.15) is 0 Å². The molecule has 26 heavy (non-hydrogen) atoms. The Balaban J connectivity index is 1.76. The molecule has 0 atom stereocenters. The number of sulfonamides is 1. The van der Waals surface area contributed by atoms with Crippen molar-refractivity contribution in [1.29, 1.82) is 0 Å². The van der Waals surface area contributed by atoms with Gasteiger partial charge in [-0.1, -0.05) is 24.3 Å². The van der Waals surface area contributed by atoms with Gasteiger partial charge >= 0.3 is 0 Å². The molecule has 1 aromatic heterocycles. The fourth-order valence-corrected chi connectivity index (χ4v) is 4.21. The standard InChI is InChI=1S/C19H18N2O3S2/c1-14(22)21-17-6-8-18(9-7-17)26(23,24)20-12-15-4-2-3-5-19(15)16-10-11-25-13-16/h2-11,13,20H,12H2,1H3,(H,21,22). The molecule has 0 saturated heterocycles. The molecule has 0 saturated carbocycles. The summed E-state index contributed by atoms with van der Waals surface area (Å²) in [5.74, 6) is -0.205. The maximum absolute atomic E-state index is 12.5. The zero-order chi connectivity index (χ0) is 18.6. The molecule has 0 aliphatic carbocycles. The SMILES string of the molecule is CC(=O)Nc1ccc(S(=O)(=O)NCc2ccccc2-c2ccsc2)cc1. The first-order valence-electron chi connectivity index (χ1n) is 7.93. The van der Waals surface area contributed by atoms with E-state index in [-0.39, 0.29) is 17.3 Å². The number of hydrogen-bond donors (Lipinski definition) is 2. The van der Waals surface area contributed by atoms with E-state index < -0.39 is 10.0 Å². The quantitative estimate of drug-likeness (QED) is 0.676. The van der Waals surface area contributed by atoms with Crippen molar-refractivity contribution in [1.82, 2.24) is 4.72 Å². The lowest BCUT2D eigenvalue weighted by atomic mass is 10.0. The summed E-state index contributed by atoms with van der Waals surface area (Å²) >= 11 is 1.60. The van der Waals surface area contributed by atoms with Crippen molar-refractivity contribution in [3.8, 4) is 11.1 Å².